The first-order chi connectivity index (χ1) is 6.88. The van der Waals surface area contributed by atoms with Crippen LogP contribution in [0.4, 0.5) is 0 Å². The van der Waals surface area contributed by atoms with Crippen LogP contribution in [0, 0.1) is 0 Å². The predicted octanol–water partition coefficient (Wildman–Crippen LogP) is 2.02. The van der Waals surface area contributed by atoms with Gasteiger partial charge in [0, 0.05) is 5.56 Å². The van der Waals surface area contributed by atoms with Crippen LogP contribution in [-0.2, 0) is 9.63 Å². The van der Waals surface area contributed by atoms with Crippen LogP contribution < -0.4 is 0 Å². The average molecular weight is 191 g/mol. The molecule has 0 saturated heterocycles. The number of carbonyl (C=O) groups excluding carboxylic acids is 1. The Bertz CT molecular complexity index is 306. The lowest BCUT2D eigenvalue weighted by Crippen LogP contribution is -2.03. The van der Waals surface area contributed by atoms with Gasteiger partial charge in [0.25, 0.3) is 0 Å². The molecule has 14 heavy (non-hydrogen) atoms. The molecule has 0 unspecified atom stereocenters. The van der Waals surface area contributed by atoms with Gasteiger partial charge >= 0.3 is 0 Å². The molecule has 0 amide bonds. The molecule has 1 rings (SSSR count). The SMILES string of the molecule is CCCO/N=C(/C=O)c1ccccc1. The van der Waals surface area contributed by atoms with E-state index in [0.717, 1.165) is 12.0 Å². The summed E-state index contributed by atoms with van der Waals surface area (Å²) in [5, 5.41) is 3.75. The Morgan fingerprint density at radius 3 is 2.71 bits per heavy atom. The number of carbonyl (C=O) groups is 1. The lowest BCUT2D eigenvalue weighted by molar-refractivity contribution is -0.102. The number of nitrogens with zero attached hydrogens (tertiary/aromatic N) is 1. The second-order valence-corrected chi connectivity index (χ2v) is 2.79. The highest BCUT2D eigenvalue weighted by Gasteiger charge is 2.00. The molecule has 3 nitrogen and oxygen atoms in total. The Kier molecular flexibility index (Phi) is 4.41. The van der Waals surface area contributed by atoms with Gasteiger partial charge in [-0.1, -0.05) is 42.4 Å². The maximum Gasteiger partial charge on any atom is 0.172 e. The molecule has 0 aliphatic heterocycles. The molecule has 0 N–H and O–H groups in total. The van der Waals surface area contributed by atoms with Crippen molar-refractivity contribution >= 4 is 12.0 Å². The fourth-order valence-corrected chi connectivity index (χ4v) is 0.958. The van der Waals surface area contributed by atoms with Crippen LogP contribution in [0.3, 0.4) is 0 Å². The van der Waals surface area contributed by atoms with Gasteiger partial charge in [-0.15, -0.1) is 0 Å². The highest BCUT2D eigenvalue weighted by molar-refractivity contribution is 6.36. The Morgan fingerprint density at radius 1 is 1.43 bits per heavy atom. The first-order valence-corrected chi connectivity index (χ1v) is 4.59. The standard InChI is InChI=1S/C11H13NO2/c1-2-8-14-12-11(9-13)10-6-4-3-5-7-10/h3-7,9H,2,8H2,1H3/b12-11-. The lowest BCUT2D eigenvalue weighted by Gasteiger charge is -1.99. The van der Waals surface area contributed by atoms with Crippen LogP contribution in [0.15, 0.2) is 35.5 Å². The van der Waals surface area contributed by atoms with Gasteiger partial charge in [0.05, 0.1) is 0 Å². The Labute approximate surface area is 83.4 Å². The van der Waals surface area contributed by atoms with E-state index in [1.54, 1.807) is 0 Å². The summed E-state index contributed by atoms with van der Waals surface area (Å²) in [5.41, 5.74) is 1.11. The molecule has 74 valence electrons. The van der Waals surface area contributed by atoms with Crippen molar-refractivity contribution in [3.8, 4) is 0 Å². The molecule has 0 fully saturated rings. The summed E-state index contributed by atoms with van der Waals surface area (Å²) in [6.07, 6.45) is 1.58. The Balaban J connectivity index is 2.72. The highest BCUT2D eigenvalue weighted by Crippen LogP contribution is 2.00. The van der Waals surface area contributed by atoms with Crippen molar-refractivity contribution in [1.29, 1.82) is 0 Å². The number of hydrogen-bond acceptors (Lipinski definition) is 3. The highest BCUT2D eigenvalue weighted by atomic mass is 16.6. The van der Waals surface area contributed by atoms with Gasteiger partial charge in [-0.05, 0) is 6.42 Å². The number of aldehydes is 1. The zero-order chi connectivity index (χ0) is 10.2. The van der Waals surface area contributed by atoms with Crippen molar-refractivity contribution in [2.24, 2.45) is 5.16 Å². The number of benzene rings is 1. The molecule has 0 aliphatic carbocycles. The van der Waals surface area contributed by atoms with E-state index in [2.05, 4.69) is 5.16 Å². The van der Waals surface area contributed by atoms with Crippen LogP contribution in [0.2, 0.25) is 0 Å². The zero-order valence-corrected chi connectivity index (χ0v) is 8.14. The Hall–Kier alpha value is -1.64. The van der Waals surface area contributed by atoms with Crippen molar-refractivity contribution in [3.05, 3.63) is 35.9 Å². The van der Waals surface area contributed by atoms with E-state index in [-0.39, 0.29) is 0 Å². The fraction of sp³-hybridized carbons (Fsp3) is 0.273. The second kappa shape index (κ2) is 5.91. The van der Waals surface area contributed by atoms with E-state index in [0.29, 0.717) is 18.6 Å². The van der Waals surface area contributed by atoms with Gasteiger partial charge in [0.1, 0.15) is 12.3 Å². The third kappa shape index (κ3) is 3.01. The van der Waals surface area contributed by atoms with Crippen LogP contribution in [0.1, 0.15) is 18.9 Å². The lowest BCUT2D eigenvalue weighted by atomic mass is 10.1. The van der Waals surface area contributed by atoms with Crippen LogP contribution in [-0.4, -0.2) is 18.6 Å². The van der Waals surface area contributed by atoms with E-state index in [1.165, 1.54) is 0 Å². The van der Waals surface area contributed by atoms with Crippen molar-refractivity contribution in [3.63, 3.8) is 0 Å². The van der Waals surface area contributed by atoms with Gasteiger partial charge in [-0.3, -0.25) is 4.79 Å². The quantitative estimate of drug-likeness (QED) is 0.309. The summed E-state index contributed by atoms with van der Waals surface area (Å²) in [6, 6.07) is 9.24. The van der Waals surface area contributed by atoms with E-state index >= 15 is 0 Å². The number of oxime groups is 1. The summed E-state index contributed by atoms with van der Waals surface area (Å²) in [6.45, 7) is 2.52. The molecule has 0 spiro atoms. The smallest absolute Gasteiger partial charge is 0.172 e. The first kappa shape index (κ1) is 10.4. The first-order valence-electron chi connectivity index (χ1n) is 4.59. The van der Waals surface area contributed by atoms with Crippen molar-refractivity contribution in [2.45, 2.75) is 13.3 Å². The molecule has 0 saturated carbocycles. The molecule has 1 aromatic rings. The fourth-order valence-electron chi connectivity index (χ4n) is 0.958. The molecule has 0 heterocycles. The summed E-state index contributed by atoms with van der Waals surface area (Å²) < 4.78 is 0. The molecule has 3 heteroatoms. The molecule has 0 bridgehead atoms. The van der Waals surface area contributed by atoms with Crippen LogP contribution in [0.25, 0.3) is 0 Å². The van der Waals surface area contributed by atoms with E-state index < -0.39 is 0 Å². The van der Waals surface area contributed by atoms with Crippen molar-refractivity contribution in [2.75, 3.05) is 6.61 Å². The van der Waals surface area contributed by atoms with Crippen molar-refractivity contribution in [1.82, 2.24) is 0 Å². The van der Waals surface area contributed by atoms with Gasteiger partial charge in [-0.25, -0.2) is 0 Å². The van der Waals surface area contributed by atoms with E-state index in [9.17, 15) is 4.79 Å². The summed E-state index contributed by atoms with van der Waals surface area (Å²) in [7, 11) is 0. The zero-order valence-electron chi connectivity index (χ0n) is 8.14. The molecule has 0 atom stereocenters. The average Bonchev–Trinajstić information content (AvgIpc) is 2.26. The normalized spacial score (nSPS) is 11.1. The minimum atomic E-state index is 0.332. The predicted molar refractivity (Wildman–Crippen MR) is 55.3 cm³/mol. The molecular formula is C11H13NO2. The maximum atomic E-state index is 10.7. The van der Waals surface area contributed by atoms with Gasteiger partial charge in [0.2, 0.25) is 0 Å². The summed E-state index contributed by atoms with van der Waals surface area (Å²) in [4.78, 5) is 15.6. The molecular weight excluding hydrogens is 178 g/mol. The van der Waals surface area contributed by atoms with Crippen molar-refractivity contribution < 1.29 is 9.63 Å². The van der Waals surface area contributed by atoms with E-state index in [1.807, 2.05) is 37.3 Å². The minimum absolute atomic E-state index is 0.332. The van der Waals surface area contributed by atoms with E-state index in [4.69, 9.17) is 4.84 Å². The van der Waals surface area contributed by atoms with Gasteiger partial charge < -0.3 is 4.84 Å². The molecule has 0 aromatic heterocycles. The van der Waals surface area contributed by atoms with Gasteiger partial charge in [-0.2, -0.15) is 0 Å². The third-order valence-electron chi connectivity index (χ3n) is 1.64. The molecule has 0 radical (unpaired) electrons. The number of hydrogen-bond donors (Lipinski definition) is 0. The largest absolute Gasteiger partial charge is 0.395 e. The van der Waals surface area contributed by atoms with Crippen LogP contribution >= 0.6 is 0 Å². The Morgan fingerprint density at radius 2 is 2.14 bits per heavy atom. The molecule has 0 aliphatic rings. The topological polar surface area (TPSA) is 38.7 Å². The minimum Gasteiger partial charge on any atom is -0.395 e. The second-order valence-electron chi connectivity index (χ2n) is 2.79. The number of rotatable bonds is 5. The third-order valence-corrected chi connectivity index (χ3v) is 1.64. The summed E-state index contributed by atoms with van der Waals surface area (Å²) >= 11 is 0. The molecule has 1 aromatic carbocycles. The summed E-state index contributed by atoms with van der Waals surface area (Å²) in [5.74, 6) is 0. The van der Waals surface area contributed by atoms with Gasteiger partial charge in [0.15, 0.2) is 6.29 Å². The van der Waals surface area contributed by atoms with Crippen LogP contribution in [0.5, 0.6) is 0 Å². The monoisotopic (exact) mass is 191 g/mol. The maximum absolute atomic E-state index is 10.7.